The number of aliphatic hydroxyl groups excluding tert-OH is 2. The number of esters is 1. The highest BCUT2D eigenvalue weighted by atomic mass is 16.5. The molecule has 4 rings (SSSR count). The Labute approximate surface area is 250 Å². The van der Waals surface area contributed by atoms with Crippen molar-refractivity contribution >= 4 is 29.1 Å². The average Bonchev–Trinajstić information content (AvgIpc) is 2.88. The van der Waals surface area contributed by atoms with Crippen molar-refractivity contribution in [3.63, 3.8) is 0 Å². The molecule has 43 heavy (non-hydrogen) atoms. The van der Waals surface area contributed by atoms with Crippen LogP contribution in [0.4, 0.5) is 5.69 Å². The van der Waals surface area contributed by atoms with Gasteiger partial charge in [-0.05, 0) is 37.1 Å². The molecule has 1 aromatic rings. The van der Waals surface area contributed by atoms with Crippen molar-refractivity contribution in [1.29, 1.82) is 0 Å². The van der Waals surface area contributed by atoms with Gasteiger partial charge in [-0.15, -0.1) is 0 Å². The van der Waals surface area contributed by atoms with Crippen molar-refractivity contribution in [2.75, 3.05) is 33.1 Å². The molecular formula is C31H41N3O9. The summed E-state index contributed by atoms with van der Waals surface area (Å²) < 4.78 is 5.91. The molecule has 0 aliphatic heterocycles. The molecule has 1 amide bonds. The third-order valence-electron chi connectivity index (χ3n) is 9.02. The van der Waals surface area contributed by atoms with Crippen molar-refractivity contribution in [2.45, 2.75) is 70.1 Å². The minimum Gasteiger partial charge on any atom is -0.510 e. The van der Waals surface area contributed by atoms with Crippen LogP contribution in [0.25, 0.3) is 0 Å². The van der Waals surface area contributed by atoms with E-state index in [1.165, 1.54) is 19.0 Å². The number of nitrogens with zero attached hydrogens (tertiary/aromatic N) is 2. The van der Waals surface area contributed by atoms with Crippen LogP contribution in [0.2, 0.25) is 0 Å². The number of rotatable bonds is 5. The zero-order chi connectivity index (χ0) is 32.7. The first-order chi connectivity index (χ1) is 19.7. The van der Waals surface area contributed by atoms with Gasteiger partial charge in [-0.25, -0.2) is 0 Å². The molecular weight excluding hydrogens is 558 g/mol. The van der Waals surface area contributed by atoms with Crippen LogP contribution in [0, 0.1) is 11.8 Å². The highest BCUT2D eigenvalue weighted by Gasteiger charge is 2.68. The van der Waals surface area contributed by atoms with E-state index in [9.17, 15) is 39.6 Å². The normalized spacial score (nSPS) is 28.9. The van der Waals surface area contributed by atoms with Crippen molar-refractivity contribution in [3.8, 4) is 5.75 Å². The molecule has 6 N–H and O–H groups in total. The third-order valence-corrected chi connectivity index (χ3v) is 9.02. The first-order valence-electron chi connectivity index (χ1n) is 14.2. The van der Waals surface area contributed by atoms with E-state index in [0.29, 0.717) is 16.8 Å². The number of benzene rings is 1. The summed E-state index contributed by atoms with van der Waals surface area (Å²) in [7, 11) is 6.57. The summed E-state index contributed by atoms with van der Waals surface area (Å²) in [4.78, 5) is 56.8. The first-order valence-corrected chi connectivity index (χ1v) is 14.2. The Morgan fingerprint density at radius 3 is 2.14 bits per heavy atom. The fourth-order valence-corrected chi connectivity index (χ4v) is 7.04. The van der Waals surface area contributed by atoms with Crippen LogP contribution < -0.4 is 10.6 Å². The van der Waals surface area contributed by atoms with E-state index >= 15 is 0 Å². The van der Waals surface area contributed by atoms with Crippen molar-refractivity contribution < 1.29 is 44.3 Å². The van der Waals surface area contributed by atoms with Gasteiger partial charge < -0.3 is 35.8 Å². The van der Waals surface area contributed by atoms with E-state index in [1.54, 1.807) is 38.9 Å². The molecule has 0 radical (unpaired) electrons. The molecule has 0 aromatic heterocycles. The van der Waals surface area contributed by atoms with Gasteiger partial charge in [0, 0.05) is 43.3 Å². The number of amides is 1. The number of likely N-dealkylation sites (N-methyl/N-ethyl adjacent to an activating group) is 1. The number of Topliss-reactive ketones (excluding diaryl/α,β-unsaturated/α-hetero) is 2. The molecule has 6 atom stereocenters. The minimum atomic E-state index is -2.98. The Morgan fingerprint density at radius 2 is 1.67 bits per heavy atom. The van der Waals surface area contributed by atoms with Gasteiger partial charge in [-0.3, -0.25) is 24.1 Å². The Bertz CT molecular complexity index is 1500. The Balaban J connectivity index is 2.18. The quantitative estimate of drug-likeness (QED) is 0.246. The lowest BCUT2D eigenvalue weighted by Crippen LogP contribution is -2.69. The number of carbonyl (C=O) groups is 4. The molecule has 0 saturated carbocycles. The van der Waals surface area contributed by atoms with Gasteiger partial charge in [-0.1, -0.05) is 34.6 Å². The number of nitrogens with two attached hydrogens (primary N) is 1. The second-order valence-electron chi connectivity index (χ2n) is 13.1. The van der Waals surface area contributed by atoms with Gasteiger partial charge >= 0.3 is 5.97 Å². The number of ether oxygens (including phenoxy) is 1. The topological polar surface area (TPSA) is 191 Å². The maximum Gasteiger partial charge on any atom is 0.305 e. The molecule has 234 valence electrons. The summed E-state index contributed by atoms with van der Waals surface area (Å²) in [6, 6.07) is 0.455. The Hall–Kier alpha value is -3.90. The molecule has 12 nitrogen and oxygen atoms in total. The van der Waals surface area contributed by atoms with Crippen LogP contribution in [-0.2, 0) is 24.5 Å². The Kier molecular flexibility index (Phi) is 7.73. The van der Waals surface area contributed by atoms with Crippen molar-refractivity contribution in [3.05, 3.63) is 45.4 Å². The number of ketones is 2. The monoisotopic (exact) mass is 599 g/mol. The fraction of sp³-hybridized carbons (Fsp3) is 0.548. The van der Waals surface area contributed by atoms with E-state index in [4.69, 9.17) is 10.5 Å². The summed E-state index contributed by atoms with van der Waals surface area (Å²) in [6.07, 6.45) is -1.53. The summed E-state index contributed by atoms with van der Waals surface area (Å²) in [5, 5.41) is 46.7. The number of carbonyl (C=O) groups excluding carboxylic acids is 4. The second-order valence-corrected chi connectivity index (χ2v) is 13.1. The predicted octanol–water partition coefficient (Wildman–Crippen LogP) is 1.98. The summed E-state index contributed by atoms with van der Waals surface area (Å²) in [5.41, 5.74) is 1.90. The molecule has 1 aromatic carbocycles. The SMILES string of the molecule is CCC(=O)O[C@@H]1[C@H]2C(=C(O)[C@]3(O)C(=O)C(C(N)=O)=C(O)[C@H](N(C)C)[C@@H]13)C(=O)c1c(O)c(C(C)(C)C)cc(N(C)C)c1[C@H]2C. The summed E-state index contributed by atoms with van der Waals surface area (Å²) >= 11 is 0. The maximum absolute atomic E-state index is 14.5. The van der Waals surface area contributed by atoms with E-state index in [0.717, 1.165) is 0 Å². The highest BCUT2D eigenvalue weighted by molar-refractivity contribution is 6.25. The van der Waals surface area contributed by atoms with Gasteiger partial charge in [0.05, 0.1) is 17.5 Å². The highest BCUT2D eigenvalue weighted by Crippen LogP contribution is 2.58. The zero-order valence-corrected chi connectivity index (χ0v) is 26.0. The van der Waals surface area contributed by atoms with Gasteiger partial charge in [0.2, 0.25) is 5.78 Å². The third kappa shape index (κ3) is 4.41. The smallest absolute Gasteiger partial charge is 0.305 e. The van der Waals surface area contributed by atoms with E-state index in [-0.39, 0.29) is 17.7 Å². The molecule has 0 saturated heterocycles. The lowest BCUT2D eigenvalue weighted by Gasteiger charge is -2.54. The van der Waals surface area contributed by atoms with Crippen LogP contribution in [0.15, 0.2) is 28.7 Å². The molecule has 12 heteroatoms. The van der Waals surface area contributed by atoms with Gasteiger partial charge in [0.25, 0.3) is 5.91 Å². The fourth-order valence-electron chi connectivity index (χ4n) is 7.04. The lowest BCUT2D eigenvalue weighted by molar-refractivity contribution is -0.180. The number of hydrogen-bond acceptors (Lipinski definition) is 11. The predicted molar refractivity (Wildman–Crippen MR) is 157 cm³/mol. The molecule has 0 bridgehead atoms. The molecule has 0 heterocycles. The molecule has 3 aliphatic rings. The number of fused-ring (bicyclic) bond motifs is 3. The first kappa shape index (κ1) is 32.0. The number of phenolic OH excluding ortho intramolecular Hbond substituents is 1. The molecule has 0 unspecified atom stereocenters. The Morgan fingerprint density at radius 1 is 1.09 bits per heavy atom. The largest absolute Gasteiger partial charge is 0.510 e. The van der Waals surface area contributed by atoms with Crippen molar-refractivity contribution in [1.82, 2.24) is 4.90 Å². The lowest BCUT2D eigenvalue weighted by atomic mass is 9.54. The van der Waals surface area contributed by atoms with Crippen LogP contribution in [0.5, 0.6) is 5.75 Å². The summed E-state index contributed by atoms with van der Waals surface area (Å²) in [5.74, 6) is -9.82. The van der Waals surface area contributed by atoms with Gasteiger partial charge in [0.15, 0.2) is 11.4 Å². The van der Waals surface area contributed by atoms with E-state index < -0.39 is 87.0 Å². The number of aliphatic hydroxyl groups is 3. The minimum absolute atomic E-state index is 0.0913. The van der Waals surface area contributed by atoms with Crippen molar-refractivity contribution in [2.24, 2.45) is 17.6 Å². The number of hydrogen-bond donors (Lipinski definition) is 5. The van der Waals surface area contributed by atoms with Crippen LogP contribution in [0.3, 0.4) is 0 Å². The van der Waals surface area contributed by atoms with Crippen LogP contribution >= 0.6 is 0 Å². The van der Waals surface area contributed by atoms with Crippen LogP contribution in [0.1, 0.15) is 68.4 Å². The molecule has 0 fully saturated rings. The zero-order valence-electron chi connectivity index (χ0n) is 26.0. The average molecular weight is 600 g/mol. The number of aromatic hydroxyl groups is 1. The van der Waals surface area contributed by atoms with Crippen LogP contribution in [-0.4, -0.2) is 94.7 Å². The van der Waals surface area contributed by atoms with Gasteiger partial charge in [0.1, 0.15) is 28.9 Å². The van der Waals surface area contributed by atoms with Gasteiger partial charge in [-0.2, -0.15) is 0 Å². The number of anilines is 1. The standard InChI is InChI=1S/C31H41N3O9/c1-10-15(35)43-26-17-12(2)16-14(33(6)7)11-13(30(3,4)5)23(36)18(16)24(37)19(17)27(39)31(42)21(26)22(34(8)9)25(38)20(28(31)40)29(32)41/h11-12,17,21-22,26,36,38-39,42H,10H2,1-9H3,(H2,32,41)/t12-,17-,21+,22-,26-,31+/m1/s1. The van der Waals surface area contributed by atoms with E-state index in [1.807, 2.05) is 20.8 Å². The number of primary amides is 1. The maximum atomic E-state index is 14.5. The second kappa shape index (κ2) is 10.4. The number of phenols is 1. The molecule has 0 spiro atoms. The summed E-state index contributed by atoms with van der Waals surface area (Å²) in [6.45, 7) is 8.88. The molecule has 3 aliphatic carbocycles. The van der Waals surface area contributed by atoms with E-state index in [2.05, 4.69) is 0 Å².